The zero-order chi connectivity index (χ0) is 32.6. The van der Waals surface area contributed by atoms with Crippen LogP contribution in [-0.4, -0.2) is 72.8 Å². The number of phenols is 2. The molecular formula is C34H48N2O8. The zero-order valence-corrected chi connectivity index (χ0v) is 26.4. The average molecular weight is 613 g/mol. The summed E-state index contributed by atoms with van der Waals surface area (Å²) in [5.74, 6) is 1.38. The monoisotopic (exact) mass is 612 g/mol. The second kappa shape index (κ2) is 18.9. The lowest BCUT2D eigenvalue weighted by molar-refractivity contribution is -0.112. The third-order valence-electron chi connectivity index (χ3n) is 7.20. The van der Waals surface area contributed by atoms with E-state index in [9.17, 15) is 20.1 Å². The molecule has 0 unspecified atom stereocenters. The molecule has 0 aromatic heterocycles. The number of nitrogens with two attached hydrogens (primary N) is 1. The minimum absolute atomic E-state index is 0.0637. The molecule has 4 rings (SSSR count). The zero-order valence-electron chi connectivity index (χ0n) is 26.4. The maximum absolute atomic E-state index is 10.3. The van der Waals surface area contributed by atoms with Crippen molar-refractivity contribution in [2.75, 3.05) is 34.0 Å². The van der Waals surface area contributed by atoms with Gasteiger partial charge in [0.25, 0.3) is 0 Å². The molecule has 1 aliphatic rings. The lowest BCUT2D eigenvalue weighted by Crippen LogP contribution is -2.41. The van der Waals surface area contributed by atoms with Crippen molar-refractivity contribution >= 4 is 6.29 Å². The van der Waals surface area contributed by atoms with Crippen LogP contribution in [0.3, 0.4) is 0 Å². The van der Waals surface area contributed by atoms with Gasteiger partial charge in [0.15, 0.2) is 23.0 Å². The molecule has 44 heavy (non-hydrogen) atoms. The van der Waals surface area contributed by atoms with E-state index in [1.165, 1.54) is 7.11 Å². The molecule has 0 bridgehead atoms. The van der Waals surface area contributed by atoms with Crippen LogP contribution in [0, 0.1) is 13.8 Å². The van der Waals surface area contributed by atoms with Gasteiger partial charge in [0.05, 0.1) is 34.0 Å². The molecule has 242 valence electrons. The van der Waals surface area contributed by atoms with Crippen molar-refractivity contribution in [2.45, 2.75) is 64.8 Å². The first kappa shape index (κ1) is 36.5. The number of rotatable bonds is 11. The first-order valence-corrected chi connectivity index (χ1v) is 14.7. The maximum Gasteiger partial charge on any atom is 0.163 e. The molecule has 7 N–H and O–H groups in total. The van der Waals surface area contributed by atoms with Crippen molar-refractivity contribution in [1.82, 2.24) is 5.32 Å². The van der Waals surface area contributed by atoms with E-state index in [0.29, 0.717) is 24.5 Å². The van der Waals surface area contributed by atoms with E-state index in [1.54, 1.807) is 13.2 Å². The Bertz CT molecular complexity index is 1280. The highest BCUT2D eigenvalue weighted by molar-refractivity contribution is 5.56. The molecule has 0 saturated heterocycles. The molecule has 0 saturated carbocycles. The molecule has 1 heterocycles. The highest BCUT2D eigenvalue weighted by Gasteiger charge is 2.29. The Labute approximate surface area is 260 Å². The van der Waals surface area contributed by atoms with Crippen LogP contribution in [0.5, 0.6) is 23.0 Å². The molecule has 0 amide bonds. The van der Waals surface area contributed by atoms with Gasteiger partial charge < -0.3 is 50.5 Å². The lowest BCUT2D eigenvalue weighted by atomic mass is 9.87. The summed E-state index contributed by atoms with van der Waals surface area (Å²) >= 11 is 0. The highest BCUT2D eigenvalue weighted by Crippen LogP contribution is 2.42. The Balaban J connectivity index is 0.000000237. The molecular weight excluding hydrogens is 564 g/mol. The molecule has 0 radical (unpaired) electrons. The van der Waals surface area contributed by atoms with Gasteiger partial charge in [-0.15, -0.1) is 0 Å². The Kier molecular flexibility index (Phi) is 15.7. The first-order valence-electron chi connectivity index (χ1n) is 14.7. The normalized spacial score (nSPS) is 15.9. The van der Waals surface area contributed by atoms with Crippen molar-refractivity contribution in [3.05, 3.63) is 81.9 Å². The maximum atomic E-state index is 10.3. The van der Waals surface area contributed by atoms with Crippen LogP contribution in [0.1, 0.15) is 52.8 Å². The number of aryl methyl sites for hydroxylation is 2. The van der Waals surface area contributed by atoms with Gasteiger partial charge in [-0.2, -0.15) is 0 Å². The number of benzene rings is 3. The van der Waals surface area contributed by atoms with Crippen molar-refractivity contribution in [3.63, 3.8) is 0 Å². The number of aldehydes is 1. The molecule has 3 aromatic carbocycles. The van der Waals surface area contributed by atoms with Crippen molar-refractivity contribution in [3.8, 4) is 23.0 Å². The van der Waals surface area contributed by atoms with E-state index in [0.717, 1.165) is 52.5 Å². The smallest absolute Gasteiger partial charge is 0.163 e. The minimum Gasteiger partial charge on any atom is -0.504 e. The Morgan fingerprint density at radius 2 is 1.66 bits per heavy atom. The summed E-state index contributed by atoms with van der Waals surface area (Å²) in [6.07, 6.45) is 2.89. The third-order valence-corrected chi connectivity index (χ3v) is 7.20. The number of methoxy groups -OCH3 is 2. The van der Waals surface area contributed by atoms with Crippen LogP contribution in [0.25, 0.3) is 0 Å². The SMILES string of the molecule is CC[C@@H]1N[C@H](CO)Cc2cc(C)c(OC)c(O)c21.COc1c(C)cc(C[C@H](N)CO)cc1O.O=CCOCc1ccccc1. The van der Waals surface area contributed by atoms with E-state index in [2.05, 4.69) is 18.3 Å². The van der Waals surface area contributed by atoms with E-state index in [-0.39, 0.29) is 49.4 Å². The highest BCUT2D eigenvalue weighted by atomic mass is 16.5. The predicted molar refractivity (Wildman–Crippen MR) is 170 cm³/mol. The number of nitrogens with one attached hydrogen (secondary N) is 1. The molecule has 1 aliphatic heterocycles. The fourth-order valence-electron chi connectivity index (χ4n) is 5.19. The van der Waals surface area contributed by atoms with Crippen LogP contribution >= 0.6 is 0 Å². The Morgan fingerprint density at radius 1 is 1.00 bits per heavy atom. The molecule has 0 aliphatic carbocycles. The number of aliphatic hydroxyl groups is 2. The fraction of sp³-hybridized carbons (Fsp3) is 0.441. The summed E-state index contributed by atoms with van der Waals surface area (Å²) in [6, 6.07) is 15.2. The summed E-state index contributed by atoms with van der Waals surface area (Å²) < 4.78 is 15.3. The number of aliphatic hydroxyl groups excluding tert-OH is 2. The summed E-state index contributed by atoms with van der Waals surface area (Å²) in [7, 11) is 3.09. The van der Waals surface area contributed by atoms with E-state index >= 15 is 0 Å². The third kappa shape index (κ3) is 10.5. The topological polar surface area (TPSA) is 164 Å². The second-order valence-corrected chi connectivity index (χ2v) is 10.6. The van der Waals surface area contributed by atoms with E-state index in [1.807, 2.05) is 50.2 Å². The standard InChI is InChI=1S/C14H21NO3.C11H17NO3.C9H10O2/c1-4-11-12-9(6-10(7-16)15-11)5-8(2)14(18-3)13(12)17;1-7-3-8(4-9(12)6-13)5-10(14)11(7)15-2;10-6-7-11-8-9-4-2-1-3-5-9/h5,10-11,15-17H,4,6-7H2,1-3H3;3,5,9,13-14H,4,6,12H2,1-2H3;1-6H,7-8H2/t10-,11-;9-;/m00./s1. The van der Waals surface area contributed by atoms with Gasteiger partial charge in [-0.05, 0) is 67.0 Å². The molecule has 10 nitrogen and oxygen atoms in total. The van der Waals surface area contributed by atoms with Gasteiger partial charge in [-0.3, -0.25) is 0 Å². The lowest BCUT2D eigenvalue weighted by Gasteiger charge is -2.33. The quantitative estimate of drug-likeness (QED) is 0.139. The van der Waals surface area contributed by atoms with Gasteiger partial charge in [-0.25, -0.2) is 0 Å². The van der Waals surface area contributed by atoms with Crippen molar-refractivity contribution in [2.24, 2.45) is 5.73 Å². The summed E-state index contributed by atoms with van der Waals surface area (Å²) in [5, 5.41) is 41.5. The summed E-state index contributed by atoms with van der Waals surface area (Å²) in [4.78, 5) is 9.87. The van der Waals surface area contributed by atoms with Crippen LogP contribution in [0.2, 0.25) is 0 Å². The number of ether oxygens (including phenoxy) is 3. The number of fused-ring (bicyclic) bond motifs is 1. The number of aromatic hydroxyl groups is 2. The average Bonchev–Trinajstić information content (AvgIpc) is 3.01. The predicted octanol–water partition coefficient (Wildman–Crippen LogP) is 3.64. The number of hydrogen-bond acceptors (Lipinski definition) is 10. The molecule has 3 atom stereocenters. The van der Waals surface area contributed by atoms with Gasteiger partial charge in [0.1, 0.15) is 12.9 Å². The number of carbonyl (C=O) groups is 1. The molecule has 3 aromatic rings. The van der Waals surface area contributed by atoms with E-state index < -0.39 is 0 Å². The molecule has 0 spiro atoms. The van der Waals surface area contributed by atoms with Crippen LogP contribution in [-0.2, 0) is 29.0 Å². The minimum atomic E-state index is -0.294. The Morgan fingerprint density at radius 3 is 2.20 bits per heavy atom. The fourth-order valence-corrected chi connectivity index (χ4v) is 5.19. The first-order chi connectivity index (χ1) is 21.1. The molecule has 0 fully saturated rings. The van der Waals surface area contributed by atoms with Crippen LogP contribution < -0.4 is 20.5 Å². The van der Waals surface area contributed by atoms with Gasteiger partial charge in [0, 0.05) is 23.7 Å². The van der Waals surface area contributed by atoms with Crippen LogP contribution in [0.4, 0.5) is 0 Å². The Hall–Kier alpha value is -3.67. The number of carbonyl (C=O) groups excluding carboxylic acids is 1. The summed E-state index contributed by atoms with van der Waals surface area (Å²) in [5.41, 5.74) is 11.4. The molecule has 10 heteroatoms. The van der Waals surface area contributed by atoms with Gasteiger partial charge in [0.2, 0.25) is 0 Å². The van der Waals surface area contributed by atoms with Gasteiger partial charge in [-0.1, -0.05) is 49.4 Å². The van der Waals surface area contributed by atoms with Crippen LogP contribution in [0.15, 0.2) is 48.5 Å². The van der Waals surface area contributed by atoms with E-state index in [4.69, 9.17) is 25.1 Å². The summed E-state index contributed by atoms with van der Waals surface area (Å²) in [6.45, 7) is 6.58. The van der Waals surface area contributed by atoms with Gasteiger partial charge >= 0.3 is 0 Å². The van der Waals surface area contributed by atoms with Crippen molar-refractivity contribution in [1.29, 1.82) is 0 Å². The van der Waals surface area contributed by atoms with Crippen molar-refractivity contribution < 1.29 is 39.4 Å². The number of phenolic OH excluding ortho intramolecular Hbond substituents is 2. The number of hydrogen-bond donors (Lipinski definition) is 6. The largest absolute Gasteiger partial charge is 0.504 e. The second-order valence-electron chi connectivity index (χ2n) is 10.6.